The minimum absolute atomic E-state index is 0.0601. The van der Waals surface area contributed by atoms with Crippen LogP contribution in [-0.4, -0.2) is 32.5 Å². The number of hydrogen-bond donors (Lipinski definition) is 1. The van der Waals surface area contributed by atoms with Crippen molar-refractivity contribution in [3.63, 3.8) is 0 Å². The Kier molecular flexibility index (Phi) is 4.85. The van der Waals surface area contributed by atoms with Gasteiger partial charge in [0.05, 0.1) is 6.61 Å². The fourth-order valence-corrected chi connectivity index (χ4v) is 2.23. The number of ether oxygens (including phenoxy) is 2. The summed E-state index contributed by atoms with van der Waals surface area (Å²) in [6.45, 7) is 2.48. The summed E-state index contributed by atoms with van der Waals surface area (Å²) in [4.78, 5) is 0. The number of methoxy groups -OCH3 is 1. The molecule has 1 aliphatic heterocycles. The van der Waals surface area contributed by atoms with E-state index in [1.165, 1.54) is 12.1 Å². The molecule has 1 atom stereocenters. The molecule has 3 nitrogen and oxygen atoms in total. The van der Waals surface area contributed by atoms with Gasteiger partial charge in [-0.2, -0.15) is 0 Å². The van der Waals surface area contributed by atoms with Crippen LogP contribution in [0, 0.1) is 0 Å². The zero-order chi connectivity index (χ0) is 13.7. The molecule has 1 aromatic rings. The van der Waals surface area contributed by atoms with Crippen molar-refractivity contribution in [2.24, 2.45) is 0 Å². The molecule has 0 saturated carbocycles. The van der Waals surface area contributed by atoms with Gasteiger partial charge in [0.25, 0.3) is 6.43 Å². The van der Waals surface area contributed by atoms with Crippen LogP contribution >= 0.6 is 0 Å². The SMILES string of the molecule is COC1(CNCc2cccc(C(F)F)c2)CCOC1. The Hall–Kier alpha value is -1.04. The van der Waals surface area contributed by atoms with E-state index in [1.54, 1.807) is 13.2 Å². The van der Waals surface area contributed by atoms with E-state index in [9.17, 15) is 8.78 Å². The van der Waals surface area contributed by atoms with Crippen LogP contribution in [0.1, 0.15) is 24.0 Å². The van der Waals surface area contributed by atoms with Gasteiger partial charge in [0, 0.05) is 38.8 Å². The van der Waals surface area contributed by atoms with Crippen molar-refractivity contribution in [1.29, 1.82) is 0 Å². The molecule has 0 radical (unpaired) electrons. The van der Waals surface area contributed by atoms with E-state index < -0.39 is 6.43 Å². The normalized spacial score (nSPS) is 23.2. The Bertz CT molecular complexity index is 406. The van der Waals surface area contributed by atoms with Crippen molar-refractivity contribution in [1.82, 2.24) is 5.32 Å². The van der Waals surface area contributed by atoms with E-state index in [-0.39, 0.29) is 11.2 Å². The van der Waals surface area contributed by atoms with Crippen LogP contribution in [0.15, 0.2) is 24.3 Å². The summed E-state index contributed by atoms with van der Waals surface area (Å²) in [5.41, 5.74) is 0.633. The molecule has 1 unspecified atom stereocenters. The molecule has 2 rings (SSSR count). The van der Waals surface area contributed by atoms with Crippen molar-refractivity contribution >= 4 is 0 Å². The lowest BCUT2D eigenvalue weighted by atomic mass is 10.0. The monoisotopic (exact) mass is 271 g/mol. The highest BCUT2D eigenvalue weighted by atomic mass is 19.3. The molecular formula is C14H19F2NO2. The number of hydrogen-bond acceptors (Lipinski definition) is 3. The lowest BCUT2D eigenvalue weighted by Crippen LogP contribution is -2.42. The predicted octanol–water partition coefficient (Wildman–Crippen LogP) is 2.52. The fraction of sp³-hybridized carbons (Fsp3) is 0.571. The summed E-state index contributed by atoms with van der Waals surface area (Å²) >= 11 is 0. The predicted molar refractivity (Wildman–Crippen MR) is 68.3 cm³/mol. The van der Waals surface area contributed by atoms with E-state index in [2.05, 4.69) is 5.32 Å². The molecule has 1 heterocycles. The maximum atomic E-state index is 12.6. The number of alkyl halides is 2. The smallest absolute Gasteiger partial charge is 0.263 e. The van der Waals surface area contributed by atoms with Crippen LogP contribution in [0.5, 0.6) is 0 Å². The summed E-state index contributed by atoms with van der Waals surface area (Å²) < 4.78 is 36.0. The third-order valence-corrected chi connectivity index (χ3v) is 3.48. The number of halogens is 2. The minimum atomic E-state index is -2.42. The average Bonchev–Trinajstić information content (AvgIpc) is 2.88. The van der Waals surface area contributed by atoms with Gasteiger partial charge in [0.15, 0.2) is 0 Å². The van der Waals surface area contributed by atoms with Crippen molar-refractivity contribution in [2.75, 3.05) is 26.9 Å². The van der Waals surface area contributed by atoms with Crippen LogP contribution in [0.4, 0.5) is 8.78 Å². The molecule has 0 aromatic heterocycles. The lowest BCUT2D eigenvalue weighted by Gasteiger charge is -2.26. The molecule has 0 aliphatic carbocycles. The molecule has 1 aromatic carbocycles. The summed E-state index contributed by atoms with van der Waals surface area (Å²) in [7, 11) is 1.67. The van der Waals surface area contributed by atoms with Gasteiger partial charge >= 0.3 is 0 Å². The molecule has 106 valence electrons. The second kappa shape index (κ2) is 6.41. The van der Waals surface area contributed by atoms with Crippen LogP contribution in [-0.2, 0) is 16.0 Å². The molecule has 0 spiro atoms. The second-order valence-electron chi connectivity index (χ2n) is 4.84. The molecule has 5 heteroatoms. The van der Waals surface area contributed by atoms with E-state index >= 15 is 0 Å². The molecule has 1 aliphatic rings. The molecule has 0 amide bonds. The molecular weight excluding hydrogens is 252 g/mol. The summed E-state index contributed by atoms with van der Waals surface area (Å²) in [5.74, 6) is 0. The van der Waals surface area contributed by atoms with Crippen molar-refractivity contribution in [3.05, 3.63) is 35.4 Å². The van der Waals surface area contributed by atoms with E-state index in [0.717, 1.165) is 12.0 Å². The Balaban J connectivity index is 1.87. The van der Waals surface area contributed by atoms with Crippen molar-refractivity contribution < 1.29 is 18.3 Å². The minimum Gasteiger partial charge on any atom is -0.378 e. The van der Waals surface area contributed by atoms with Crippen molar-refractivity contribution in [2.45, 2.75) is 25.0 Å². The zero-order valence-corrected chi connectivity index (χ0v) is 11.0. The summed E-state index contributed by atoms with van der Waals surface area (Å²) in [5, 5.41) is 3.25. The van der Waals surface area contributed by atoms with Gasteiger partial charge in [-0.25, -0.2) is 8.78 Å². The zero-order valence-electron chi connectivity index (χ0n) is 11.0. The van der Waals surface area contributed by atoms with Gasteiger partial charge in [-0.15, -0.1) is 0 Å². The summed E-state index contributed by atoms with van der Waals surface area (Å²) in [6, 6.07) is 6.46. The van der Waals surface area contributed by atoms with Gasteiger partial charge in [0.1, 0.15) is 5.60 Å². The first-order valence-corrected chi connectivity index (χ1v) is 6.36. The third-order valence-electron chi connectivity index (χ3n) is 3.48. The highest BCUT2D eigenvalue weighted by Gasteiger charge is 2.34. The van der Waals surface area contributed by atoms with Gasteiger partial charge in [-0.3, -0.25) is 0 Å². The Morgan fingerprint density at radius 2 is 2.32 bits per heavy atom. The van der Waals surface area contributed by atoms with Crippen LogP contribution < -0.4 is 5.32 Å². The lowest BCUT2D eigenvalue weighted by molar-refractivity contribution is -0.0159. The molecule has 1 fully saturated rings. The topological polar surface area (TPSA) is 30.5 Å². The third kappa shape index (κ3) is 3.72. The molecule has 1 saturated heterocycles. The Morgan fingerprint density at radius 1 is 1.47 bits per heavy atom. The number of benzene rings is 1. The van der Waals surface area contributed by atoms with Gasteiger partial charge in [-0.1, -0.05) is 18.2 Å². The largest absolute Gasteiger partial charge is 0.378 e. The van der Waals surface area contributed by atoms with E-state index in [4.69, 9.17) is 9.47 Å². The van der Waals surface area contributed by atoms with Crippen LogP contribution in [0.25, 0.3) is 0 Å². The summed E-state index contributed by atoms with van der Waals surface area (Å²) in [6.07, 6.45) is -1.57. The molecule has 0 bridgehead atoms. The molecule has 19 heavy (non-hydrogen) atoms. The van der Waals surface area contributed by atoms with Crippen LogP contribution in [0.3, 0.4) is 0 Å². The van der Waals surface area contributed by atoms with Crippen molar-refractivity contribution in [3.8, 4) is 0 Å². The second-order valence-corrected chi connectivity index (χ2v) is 4.84. The first-order chi connectivity index (χ1) is 9.15. The quantitative estimate of drug-likeness (QED) is 0.862. The Labute approximate surface area is 111 Å². The van der Waals surface area contributed by atoms with Crippen LogP contribution in [0.2, 0.25) is 0 Å². The highest BCUT2D eigenvalue weighted by Crippen LogP contribution is 2.22. The highest BCUT2D eigenvalue weighted by molar-refractivity contribution is 5.24. The fourth-order valence-electron chi connectivity index (χ4n) is 2.23. The molecule has 1 N–H and O–H groups in total. The van der Waals surface area contributed by atoms with E-state index in [0.29, 0.717) is 26.3 Å². The first kappa shape index (κ1) is 14.4. The average molecular weight is 271 g/mol. The Morgan fingerprint density at radius 3 is 2.95 bits per heavy atom. The number of nitrogens with one attached hydrogen (secondary N) is 1. The van der Waals surface area contributed by atoms with Gasteiger partial charge in [0.2, 0.25) is 0 Å². The number of rotatable bonds is 6. The van der Waals surface area contributed by atoms with E-state index in [1.807, 2.05) is 6.07 Å². The standard InChI is InChI=1S/C14H19F2NO2/c1-18-14(5-6-19-10-14)9-17-8-11-3-2-4-12(7-11)13(15)16/h2-4,7,13,17H,5-6,8-10H2,1H3. The maximum absolute atomic E-state index is 12.6. The maximum Gasteiger partial charge on any atom is 0.263 e. The van der Waals surface area contributed by atoms with Gasteiger partial charge in [-0.05, 0) is 11.6 Å². The van der Waals surface area contributed by atoms with Gasteiger partial charge < -0.3 is 14.8 Å². The first-order valence-electron chi connectivity index (χ1n) is 6.36.